The first-order valence-corrected chi connectivity index (χ1v) is 10.9. The predicted octanol–water partition coefficient (Wildman–Crippen LogP) is 2.38. The van der Waals surface area contributed by atoms with Crippen LogP contribution in [0, 0.1) is 5.92 Å². The van der Waals surface area contributed by atoms with E-state index in [-0.39, 0.29) is 12.0 Å². The normalized spacial score (nSPS) is 23.3. The molecule has 0 radical (unpaired) electrons. The second kappa shape index (κ2) is 8.24. The average Bonchev–Trinajstić information content (AvgIpc) is 3.45. The Bertz CT molecular complexity index is 838. The highest BCUT2D eigenvalue weighted by Crippen LogP contribution is 2.28. The van der Waals surface area contributed by atoms with Gasteiger partial charge >= 0.3 is 0 Å². The van der Waals surface area contributed by atoms with Gasteiger partial charge in [-0.15, -0.1) is 5.10 Å². The van der Waals surface area contributed by atoms with Gasteiger partial charge in [0.15, 0.2) is 0 Å². The third kappa shape index (κ3) is 3.94. The Kier molecular flexibility index (Phi) is 5.33. The maximum absolute atomic E-state index is 12.6. The van der Waals surface area contributed by atoms with Crippen molar-refractivity contribution in [2.75, 3.05) is 26.2 Å². The third-order valence-corrected chi connectivity index (χ3v) is 6.61. The average molecular weight is 396 g/mol. The number of hydrogen-bond acceptors (Lipinski definition) is 5. The lowest BCUT2D eigenvalue weighted by molar-refractivity contribution is -0.137. The Morgan fingerprint density at radius 1 is 1.07 bits per heavy atom. The molecule has 0 bridgehead atoms. The minimum atomic E-state index is 0.0309. The molecule has 7 heteroatoms. The molecule has 5 rings (SSSR count). The van der Waals surface area contributed by atoms with E-state index in [9.17, 15) is 4.79 Å². The third-order valence-electron chi connectivity index (χ3n) is 6.61. The van der Waals surface area contributed by atoms with Crippen molar-refractivity contribution in [1.29, 1.82) is 0 Å². The lowest BCUT2D eigenvalue weighted by Crippen LogP contribution is -2.49. The van der Waals surface area contributed by atoms with Crippen LogP contribution in [0.25, 0.3) is 0 Å². The second-order valence-corrected chi connectivity index (χ2v) is 8.46. The van der Waals surface area contributed by atoms with Crippen LogP contribution in [0.15, 0.2) is 30.3 Å². The van der Waals surface area contributed by atoms with Crippen LogP contribution in [-0.2, 0) is 29.2 Å². The molecule has 0 spiro atoms. The number of aromatic nitrogens is 3. The van der Waals surface area contributed by atoms with Crippen molar-refractivity contribution < 1.29 is 9.53 Å². The number of carbonyl (C=O) groups excluding carboxylic acids is 1. The number of fused-ring (bicyclic) bond motifs is 1. The van der Waals surface area contributed by atoms with E-state index >= 15 is 0 Å². The van der Waals surface area contributed by atoms with Crippen LogP contribution < -0.4 is 0 Å². The van der Waals surface area contributed by atoms with Gasteiger partial charge in [-0.2, -0.15) is 0 Å². The molecule has 1 saturated carbocycles. The van der Waals surface area contributed by atoms with Gasteiger partial charge in [-0.3, -0.25) is 9.69 Å². The zero-order chi connectivity index (χ0) is 19.6. The fraction of sp³-hybridized carbons (Fsp3) is 0.591. The SMILES string of the molecule is O=C(C1CCCC1)N1CCN(Cc2nnn3c2CO[C@@H](c2ccccc2)C3)CC1. The zero-order valence-electron chi connectivity index (χ0n) is 16.9. The van der Waals surface area contributed by atoms with Gasteiger partial charge in [0, 0.05) is 38.6 Å². The molecule has 154 valence electrons. The molecule has 7 nitrogen and oxygen atoms in total. The number of ether oxygens (including phenoxy) is 1. The number of rotatable bonds is 4. The van der Waals surface area contributed by atoms with E-state index in [1.165, 1.54) is 18.4 Å². The summed E-state index contributed by atoms with van der Waals surface area (Å²) in [5, 5.41) is 8.84. The minimum absolute atomic E-state index is 0.0309. The first kappa shape index (κ1) is 18.8. The van der Waals surface area contributed by atoms with E-state index in [1.807, 2.05) is 22.9 Å². The van der Waals surface area contributed by atoms with Crippen molar-refractivity contribution in [2.24, 2.45) is 5.92 Å². The summed E-state index contributed by atoms with van der Waals surface area (Å²) in [5.41, 5.74) is 3.27. The molecule has 1 aromatic heterocycles. The van der Waals surface area contributed by atoms with Gasteiger partial charge in [0.05, 0.1) is 18.8 Å². The molecule has 1 aromatic carbocycles. The van der Waals surface area contributed by atoms with Crippen molar-refractivity contribution in [2.45, 2.75) is 51.5 Å². The molecule has 3 heterocycles. The van der Waals surface area contributed by atoms with E-state index in [0.717, 1.165) is 57.0 Å². The molecule has 0 N–H and O–H groups in total. The van der Waals surface area contributed by atoms with Gasteiger partial charge in [0.1, 0.15) is 11.8 Å². The van der Waals surface area contributed by atoms with Crippen LogP contribution in [0.5, 0.6) is 0 Å². The van der Waals surface area contributed by atoms with Gasteiger partial charge in [-0.05, 0) is 18.4 Å². The van der Waals surface area contributed by atoms with Crippen LogP contribution in [-0.4, -0.2) is 56.9 Å². The smallest absolute Gasteiger partial charge is 0.225 e. The summed E-state index contributed by atoms with van der Waals surface area (Å²) in [6.45, 7) is 5.48. The lowest BCUT2D eigenvalue weighted by Gasteiger charge is -2.35. The summed E-state index contributed by atoms with van der Waals surface area (Å²) in [6.07, 6.45) is 4.61. The van der Waals surface area contributed by atoms with E-state index in [2.05, 4.69) is 32.2 Å². The zero-order valence-corrected chi connectivity index (χ0v) is 16.9. The Labute approximate surface area is 171 Å². The first-order valence-electron chi connectivity index (χ1n) is 10.9. The van der Waals surface area contributed by atoms with E-state index < -0.39 is 0 Å². The molecule has 2 aromatic rings. The van der Waals surface area contributed by atoms with Gasteiger partial charge in [0.25, 0.3) is 0 Å². The Balaban J connectivity index is 1.17. The predicted molar refractivity (Wildman–Crippen MR) is 108 cm³/mol. The maximum Gasteiger partial charge on any atom is 0.225 e. The van der Waals surface area contributed by atoms with Gasteiger partial charge in [0.2, 0.25) is 5.91 Å². The van der Waals surface area contributed by atoms with Crippen LogP contribution in [0.2, 0.25) is 0 Å². The molecule has 2 fully saturated rings. The second-order valence-electron chi connectivity index (χ2n) is 8.46. The van der Waals surface area contributed by atoms with E-state index in [4.69, 9.17) is 4.74 Å². The summed E-state index contributed by atoms with van der Waals surface area (Å²) < 4.78 is 8.11. The number of amides is 1. The van der Waals surface area contributed by atoms with Crippen molar-refractivity contribution in [3.8, 4) is 0 Å². The topological polar surface area (TPSA) is 63.5 Å². The van der Waals surface area contributed by atoms with Crippen LogP contribution >= 0.6 is 0 Å². The highest BCUT2D eigenvalue weighted by atomic mass is 16.5. The van der Waals surface area contributed by atoms with Crippen molar-refractivity contribution in [1.82, 2.24) is 24.8 Å². The molecule has 1 saturated heterocycles. The quantitative estimate of drug-likeness (QED) is 0.795. The fourth-order valence-corrected chi connectivity index (χ4v) is 4.82. The van der Waals surface area contributed by atoms with Gasteiger partial charge in [-0.1, -0.05) is 48.4 Å². The number of nitrogens with zero attached hydrogens (tertiary/aromatic N) is 5. The molecule has 29 heavy (non-hydrogen) atoms. The summed E-state index contributed by atoms with van der Waals surface area (Å²) in [4.78, 5) is 17.1. The maximum atomic E-state index is 12.6. The van der Waals surface area contributed by atoms with Gasteiger partial charge in [-0.25, -0.2) is 4.68 Å². The molecule has 3 aliphatic rings. The molecule has 1 atom stereocenters. The number of piperazine rings is 1. The molecular formula is C22H29N5O2. The largest absolute Gasteiger partial charge is 0.365 e. The Hall–Kier alpha value is -2.25. The molecule has 0 unspecified atom stereocenters. The van der Waals surface area contributed by atoms with E-state index in [1.54, 1.807) is 0 Å². The number of benzene rings is 1. The van der Waals surface area contributed by atoms with Crippen molar-refractivity contribution >= 4 is 5.91 Å². The molecule has 2 aliphatic heterocycles. The highest BCUT2D eigenvalue weighted by Gasteiger charge is 2.30. The number of hydrogen-bond donors (Lipinski definition) is 0. The van der Waals surface area contributed by atoms with Crippen molar-refractivity contribution in [3.05, 3.63) is 47.3 Å². The fourth-order valence-electron chi connectivity index (χ4n) is 4.82. The first-order chi connectivity index (χ1) is 14.3. The Morgan fingerprint density at radius 2 is 1.83 bits per heavy atom. The standard InChI is InChI=1S/C22H29N5O2/c28-22(18-8-4-5-9-18)26-12-10-25(11-13-26)14-19-20-16-29-21(15-27(20)24-23-19)17-6-2-1-3-7-17/h1-3,6-7,18,21H,4-5,8-16H2/t21-/m1/s1. The highest BCUT2D eigenvalue weighted by molar-refractivity contribution is 5.79. The summed E-state index contributed by atoms with van der Waals surface area (Å²) >= 11 is 0. The molecular weight excluding hydrogens is 366 g/mol. The minimum Gasteiger partial charge on any atom is -0.365 e. The van der Waals surface area contributed by atoms with E-state index in [0.29, 0.717) is 19.1 Å². The summed E-state index contributed by atoms with van der Waals surface area (Å²) in [7, 11) is 0. The van der Waals surface area contributed by atoms with Crippen molar-refractivity contribution in [3.63, 3.8) is 0 Å². The van der Waals surface area contributed by atoms with Crippen LogP contribution in [0.4, 0.5) is 0 Å². The summed E-state index contributed by atoms with van der Waals surface area (Å²) in [5.74, 6) is 0.657. The van der Waals surface area contributed by atoms with Crippen LogP contribution in [0.1, 0.15) is 48.7 Å². The summed E-state index contributed by atoms with van der Waals surface area (Å²) in [6, 6.07) is 10.3. The van der Waals surface area contributed by atoms with Gasteiger partial charge < -0.3 is 9.64 Å². The number of carbonyl (C=O) groups is 1. The molecule has 1 aliphatic carbocycles. The monoisotopic (exact) mass is 395 g/mol. The van der Waals surface area contributed by atoms with Crippen LogP contribution in [0.3, 0.4) is 0 Å². The Morgan fingerprint density at radius 3 is 2.59 bits per heavy atom. The molecule has 1 amide bonds. The lowest BCUT2D eigenvalue weighted by atomic mass is 10.1.